The number of nitrogens with one attached hydrogen (secondary N) is 2. The number of amides is 2. The van der Waals surface area contributed by atoms with E-state index >= 15 is 0 Å². The van der Waals surface area contributed by atoms with E-state index in [1.54, 1.807) is 24.3 Å². The van der Waals surface area contributed by atoms with Gasteiger partial charge in [-0.05, 0) is 36.4 Å². The Kier molecular flexibility index (Phi) is 4.45. The molecule has 2 rings (SSSR count). The van der Waals surface area contributed by atoms with Gasteiger partial charge < -0.3 is 15.7 Å². The summed E-state index contributed by atoms with van der Waals surface area (Å²) in [4.78, 5) is 23.2. The molecule has 2 amide bonds. The Morgan fingerprint density at radius 2 is 1.76 bits per heavy atom. The standard InChI is InChI=1S/C15H13ClN2O3/c1-9(19)17-12-5-6-14(20)13(8-12)15(21)18-11-4-2-3-10(16)7-11/h2-8,20H,1H3,(H,17,19)(H,18,21). The number of phenolic OH excluding ortho intramolecular Hbond substituents is 1. The summed E-state index contributed by atoms with van der Waals surface area (Å²) in [5.74, 6) is -0.938. The van der Waals surface area contributed by atoms with Crippen LogP contribution in [0.4, 0.5) is 11.4 Å². The first kappa shape index (κ1) is 14.9. The molecule has 0 atom stereocenters. The quantitative estimate of drug-likeness (QED) is 0.762. The van der Waals surface area contributed by atoms with Crippen molar-refractivity contribution < 1.29 is 14.7 Å². The van der Waals surface area contributed by atoms with Crippen LogP contribution in [-0.4, -0.2) is 16.9 Å². The third kappa shape index (κ3) is 3.97. The lowest BCUT2D eigenvalue weighted by Gasteiger charge is -2.09. The Balaban J connectivity index is 2.24. The van der Waals surface area contributed by atoms with Crippen LogP contribution in [0.15, 0.2) is 42.5 Å². The van der Waals surface area contributed by atoms with Gasteiger partial charge in [0.15, 0.2) is 0 Å². The van der Waals surface area contributed by atoms with Gasteiger partial charge in [-0.15, -0.1) is 0 Å². The minimum atomic E-state index is -0.498. The highest BCUT2D eigenvalue weighted by Gasteiger charge is 2.13. The van der Waals surface area contributed by atoms with E-state index in [1.807, 2.05) is 0 Å². The van der Waals surface area contributed by atoms with Crippen LogP contribution in [0.2, 0.25) is 5.02 Å². The first-order chi connectivity index (χ1) is 9.95. The van der Waals surface area contributed by atoms with E-state index in [-0.39, 0.29) is 17.2 Å². The van der Waals surface area contributed by atoms with Crippen LogP contribution >= 0.6 is 11.6 Å². The van der Waals surface area contributed by atoms with Crippen molar-refractivity contribution in [2.24, 2.45) is 0 Å². The van der Waals surface area contributed by atoms with E-state index in [2.05, 4.69) is 10.6 Å². The Labute approximate surface area is 126 Å². The van der Waals surface area contributed by atoms with Crippen molar-refractivity contribution in [1.82, 2.24) is 0 Å². The largest absolute Gasteiger partial charge is 0.507 e. The molecule has 0 saturated heterocycles. The van der Waals surface area contributed by atoms with Gasteiger partial charge in [-0.3, -0.25) is 9.59 Å². The predicted octanol–water partition coefficient (Wildman–Crippen LogP) is 3.26. The van der Waals surface area contributed by atoms with Gasteiger partial charge in [0, 0.05) is 23.3 Å². The first-order valence-corrected chi connectivity index (χ1v) is 6.51. The van der Waals surface area contributed by atoms with Crippen LogP contribution in [0, 0.1) is 0 Å². The number of carbonyl (C=O) groups excluding carboxylic acids is 2. The van der Waals surface area contributed by atoms with E-state index in [4.69, 9.17) is 11.6 Å². The Morgan fingerprint density at radius 1 is 1.05 bits per heavy atom. The molecule has 0 aliphatic carbocycles. The van der Waals surface area contributed by atoms with E-state index in [9.17, 15) is 14.7 Å². The lowest BCUT2D eigenvalue weighted by Crippen LogP contribution is -2.13. The second-order valence-corrected chi connectivity index (χ2v) is 4.81. The maximum Gasteiger partial charge on any atom is 0.259 e. The SMILES string of the molecule is CC(=O)Nc1ccc(O)c(C(=O)Nc2cccc(Cl)c2)c1. The van der Waals surface area contributed by atoms with E-state index in [0.717, 1.165) is 0 Å². The van der Waals surface area contributed by atoms with Gasteiger partial charge in [-0.2, -0.15) is 0 Å². The van der Waals surface area contributed by atoms with Crippen molar-refractivity contribution in [3.8, 4) is 5.75 Å². The highest BCUT2D eigenvalue weighted by Crippen LogP contribution is 2.23. The number of carbonyl (C=O) groups is 2. The maximum absolute atomic E-state index is 12.2. The normalized spacial score (nSPS) is 10.0. The summed E-state index contributed by atoms with van der Waals surface area (Å²) >= 11 is 5.84. The fourth-order valence-electron chi connectivity index (χ4n) is 1.76. The van der Waals surface area contributed by atoms with Gasteiger partial charge in [0.05, 0.1) is 5.56 Å². The zero-order valence-electron chi connectivity index (χ0n) is 11.2. The van der Waals surface area contributed by atoms with Gasteiger partial charge in [0.25, 0.3) is 5.91 Å². The lowest BCUT2D eigenvalue weighted by atomic mass is 10.1. The minimum Gasteiger partial charge on any atom is -0.507 e. The first-order valence-electron chi connectivity index (χ1n) is 6.13. The monoisotopic (exact) mass is 304 g/mol. The molecule has 3 N–H and O–H groups in total. The van der Waals surface area contributed by atoms with Gasteiger partial charge in [-0.1, -0.05) is 17.7 Å². The molecule has 2 aromatic carbocycles. The number of anilines is 2. The van der Waals surface area contributed by atoms with Crippen molar-refractivity contribution >= 4 is 34.8 Å². The highest BCUT2D eigenvalue weighted by molar-refractivity contribution is 6.31. The molecule has 0 fully saturated rings. The molecule has 0 unspecified atom stereocenters. The second kappa shape index (κ2) is 6.28. The summed E-state index contributed by atoms with van der Waals surface area (Å²) < 4.78 is 0. The van der Waals surface area contributed by atoms with Gasteiger partial charge in [0.1, 0.15) is 5.75 Å². The maximum atomic E-state index is 12.2. The summed E-state index contributed by atoms with van der Waals surface area (Å²) in [6.07, 6.45) is 0. The van der Waals surface area contributed by atoms with Gasteiger partial charge >= 0.3 is 0 Å². The molecule has 0 heterocycles. The molecular formula is C15H13ClN2O3. The molecule has 2 aromatic rings. The van der Waals surface area contributed by atoms with Crippen molar-refractivity contribution in [1.29, 1.82) is 0 Å². The molecule has 0 saturated carbocycles. The highest BCUT2D eigenvalue weighted by atomic mass is 35.5. The fourth-order valence-corrected chi connectivity index (χ4v) is 1.95. The third-order valence-electron chi connectivity index (χ3n) is 2.64. The average molecular weight is 305 g/mol. The average Bonchev–Trinajstić information content (AvgIpc) is 2.40. The number of benzene rings is 2. The Hall–Kier alpha value is -2.53. The van der Waals surface area contributed by atoms with Crippen molar-refractivity contribution in [3.63, 3.8) is 0 Å². The molecular weight excluding hydrogens is 292 g/mol. The minimum absolute atomic E-state index is 0.0567. The van der Waals surface area contributed by atoms with E-state index in [1.165, 1.54) is 25.1 Å². The predicted molar refractivity (Wildman–Crippen MR) is 81.8 cm³/mol. The molecule has 108 valence electrons. The number of rotatable bonds is 3. The zero-order chi connectivity index (χ0) is 15.4. The van der Waals surface area contributed by atoms with E-state index in [0.29, 0.717) is 16.4 Å². The molecule has 21 heavy (non-hydrogen) atoms. The van der Waals surface area contributed by atoms with Crippen molar-refractivity contribution in [2.45, 2.75) is 6.92 Å². The zero-order valence-corrected chi connectivity index (χ0v) is 11.9. The van der Waals surface area contributed by atoms with Crippen molar-refractivity contribution in [2.75, 3.05) is 10.6 Å². The molecule has 0 bridgehead atoms. The molecule has 0 spiro atoms. The molecule has 0 aliphatic rings. The molecule has 5 nitrogen and oxygen atoms in total. The van der Waals surface area contributed by atoms with Gasteiger partial charge in [0.2, 0.25) is 5.91 Å². The molecule has 0 radical (unpaired) electrons. The van der Waals surface area contributed by atoms with Crippen molar-refractivity contribution in [3.05, 3.63) is 53.1 Å². The van der Waals surface area contributed by atoms with Crippen LogP contribution < -0.4 is 10.6 Å². The summed E-state index contributed by atoms with van der Waals surface area (Å²) in [6.45, 7) is 1.36. The number of halogens is 1. The molecule has 0 aliphatic heterocycles. The van der Waals surface area contributed by atoms with Crippen LogP contribution in [0.25, 0.3) is 0 Å². The van der Waals surface area contributed by atoms with E-state index < -0.39 is 5.91 Å². The van der Waals surface area contributed by atoms with Crippen LogP contribution in [0.3, 0.4) is 0 Å². The summed E-state index contributed by atoms with van der Waals surface area (Å²) in [5.41, 5.74) is 0.995. The van der Waals surface area contributed by atoms with Crippen LogP contribution in [0.5, 0.6) is 5.75 Å². The lowest BCUT2D eigenvalue weighted by molar-refractivity contribution is -0.114. The topological polar surface area (TPSA) is 78.4 Å². The Bertz CT molecular complexity index is 701. The molecule has 6 heteroatoms. The number of hydrogen-bond acceptors (Lipinski definition) is 3. The number of hydrogen-bond donors (Lipinski definition) is 3. The third-order valence-corrected chi connectivity index (χ3v) is 2.88. The van der Waals surface area contributed by atoms with Crippen LogP contribution in [0.1, 0.15) is 17.3 Å². The summed E-state index contributed by atoms with van der Waals surface area (Å²) in [5, 5.41) is 15.4. The number of phenols is 1. The Morgan fingerprint density at radius 3 is 2.43 bits per heavy atom. The summed E-state index contributed by atoms with van der Waals surface area (Å²) in [6, 6.07) is 10.9. The fraction of sp³-hybridized carbons (Fsp3) is 0.0667. The smallest absolute Gasteiger partial charge is 0.259 e. The van der Waals surface area contributed by atoms with Crippen LogP contribution in [-0.2, 0) is 4.79 Å². The van der Waals surface area contributed by atoms with Gasteiger partial charge in [-0.25, -0.2) is 0 Å². The second-order valence-electron chi connectivity index (χ2n) is 4.38. The summed E-state index contributed by atoms with van der Waals surface area (Å²) in [7, 11) is 0. The molecule has 0 aromatic heterocycles. The number of aromatic hydroxyl groups is 1.